The predicted octanol–water partition coefficient (Wildman–Crippen LogP) is 1.01. The Kier molecular flexibility index (Phi) is 3.17. The average Bonchev–Trinajstić information content (AvgIpc) is 2.32. The number of nitrogens with zero attached hydrogens (tertiary/aromatic N) is 1. The second kappa shape index (κ2) is 4.47. The fourth-order valence-electron chi connectivity index (χ4n) is 2.14. The van der Waals surface area contributed by atoms with E-state index in [2.05, 4.69) is 0 Å². The Labute approximate surface area is 100 Å². The summed E-state index contributed by atoms with van der Waals surface area (Å²) in [5.41, 5.74) is 2.63. The first-order valence-electron chi connectivity index (χ1n) is 5.76. The van der Waals surface area contributed by atoms with Crippen molar-refractivity contribution in [2.75, 3.05) is 11.9 Å². The summed E-state index contributed by atoms with van der Waals surface area (Å²) in [4.78, 5) is 13.2. The van der Waals surface area contributed by atoms with Gasteiger partial charge in [-0.05, 0) is 30.5 Å². The lowest BCUT2D eigenvalue weighted by atomic mass is 9.96. The zero-order valence-electron chi connectivity index (χ0n) is 10.1. The largest absolute Gasteiger partial charge is 0.390 e. The van der Waals surface area contributed by atoms with Gasteiger partial charge < -0.3 is 15.1 Å². The molecule has 1 amide bonds. The Balaban J connectivity index is 2.35. The van der Waals surface area contributed by atoms with Gasteiger partial charge in [0.05, 0.1) is 6.10 Å². The van der Waals surface area contributed by atoms with Crippen LogP contribution >= 0.6 is 0 Å². The molecule has 1 aromatic carbocycles. The highest BCUT2D eigenvalue weighted by Crippen LogP contribution is 2.30. The molecule has 2 unspecified atom stereocenters. The van der Waals surface area contributed by atoms with Gasteiger partial charge in [0.15, 0.2) is 0 Å². The molecule has 2 atom stereocenters. The molecule has 2 N–H and O–H groups in total. The van der Waals surface area contributed by atoms with Crippen molar-refractivity contribution in [3.63, 3.8) is 0 Å². The van der Waals surface area contributed by atoms with Crippen LogP contribution in [0.5, 0.6) is 0 Å². The number of hydrogen-bond donors (Lipinski definition) is 2. The van der Waals surface area contributed by atoms with Gasteiger partial charge in [-0.25, -0.2) is 0 Å². The summed E-state index contributed by atoms with van der Waals surface area (Å²) in [5.74, 6) is 0.112. The summed E-state index contributed by atoms with van der Waals surface area (Å²) in [6.45, 7) is 1.56. The third-order valence-corrected chi connectivity index (χ3v) is 3.25. The Morgan fingerprint density at radius 1 is 1.29 bits per heavy atom. The first-order valence-corrected chi connectivity index (χ1v) is 5.76. The molecule has 0 spiro atoms. The van der Waals surface area contributed by atoms with Crippen molar-refractivity contribution in [2.24, 2.45) is 0 Å². The lowest BCUT2D eigenvalue weighted by Gasteiger charge is -2.27. The van der Waals surface area contributed by atoms with Crippen molar-refractivity contribution in [3.8, 4) is 0 Å². The molecule has 0 aliphatic carbocycles. The van der Waals surface area contributed by atoms with Crippen LogP contribution in [0.3, 0.4) is 0 Å². The van der Waals surface area contributed by atoms with E-state index in [1.807, 2.05) is 12.1 Å². The number of amides is 1. The number of carbonyl (C=O) groups excluding carboxylic acids is 1. The molecule has 0 radical (unpaired) electrons. The number of aryl methyl sites for hydroxylation is 1. The van der Waals surface area contributed by atoms with Crippen LogP contribution in [0.1, 0.15) is 30.6 Å². The van der Waals surface area contributed by atoms with Gasteiger partial charge in [0, 0.05) is 19.2 Å². The molecule has 4 heteroatoms. The van der Waals surface area contributed by atoms with Crippen LogP contribution in [0.4, 0.5) is 5.69 Å². The summed E-state index contributed by atoms with van der Waals surface area (Å²) in [5, 5.41) is 19.1. The van der Waals surface area contributed by atoms with Crippen LogP contribution in [-0.2, 0) is 11.2 Å². The summed E-state index contributed by atoms with van der Waals surface area (Å²) >= 11 is 0. The van der Waals surface area contributed by atoms with Crippen molar-refractivity contribution in [2.45, 2.75) is 32.0 Å². The van der Waals surface area contributed by atoms with Crippen molar-refractivity contribution in [1.82, 2.24) is 0 Å². The minimum Gasteiger partial charge on any atom is -0.390 e. The number of carbonyl (C=O) groups is 1. The van der Waals surface area contributed by atoms with E-state index in [0.29, 0.717) is 18.4 Å². The molecule has 0 saturated heterocycles. The summed E-state index contributed by atoms with van der Waals surface area (Å²) < 4.78 is 0. The minimum absolute atomic E-state index is 0.112. The average molecular weight is 235 g/mol. The van der Waals surface area contributed by atoms with Crippen molar-refractivity contribution in [3.05, 3.63) is 29.3 Å². The Hall–Kier alpha value is -1.39. The number of aliphatic hydroxyl groups is 2. The lowest BCUT2D eigenvalue weighted by molar-refractivity contribution is -0.118. The van der Waals surface area contributed by atoms with Gasteiger partial charge in [0.2, 0.25) is 5.91 Å². The standard InChI is InChI=1S/C13H17NO3/c1-8(15)13(17)10-3-5-11-9(7-10)4-6-12(16)14(11)2/h3,5,7-8,13,15,17H,4,6H2,1-2H3. The highest BCUT2D eigenvalue weighted by Gasteiger charge is 2.22. The number of rotatable bonds is 2. The van der Waals surface area contributed by atoms with E-state index in [-0.39, 0.29) is 5.91 Å². The van der Waals surface area contributed by atoms with E-state index >= 15 is 0 Å². The van der Waals surface area contributed by atoms with Gasteiger partial charge in [0.25, 0.3) is 0 Å². The molecule has 1 heterocycles. The number of fused-ring (bicyclic) bond motifs is 1. The molecule has 1 aliphatic rings. The number of benzene rings is 1. The second-order valence-electron chi connectivity index (χ2n) is 4.53. The normalized spacial score (nSPS) is 18.8. The molecule has 4 nitrogen and oxygen atoms in total. The van der Waals surface area contributed by atoms with E-state index in [9.17, 15) is 15.0 Å². The molecular formula is C13H17NO3. The molecule has 2 rings (SSSR count). The maximum Gasteiger partial charge on any atom is 0.227 e. The lowest BCUT2D eigenvalue weighted by Crippen LogP contribution is -2.31. The Bertz CT molecular complexity index is 442. The van der Waals surface area contributed by atoms with Crippen molar-refractivity contribution in [1.29, 1.82) is 0 Å². The summed E-state index contributed by atoms with van der Waals surface area (Å²) in [7, 11) is 1.76. The molecule has 0 fully saturated rings. The number of aliphatic hydroxyl groups excluding tert-OH is 2. The van der Waals surface area contributed by atoms with Crippen LogP contribution in [0.25, 0.3) is 0 Å². The monoisotopic (exact) mass is 235 g/mol. The molecule has 1 aliphatic heterocycles. The van der Waals surface area contributed by atoms with Gasteiger partial charge in [-0.15, -0.1) is 0 Å². The topological polar surface area (TPSA) is 60.8 Å². The van der Waals surface area contributed by atoms with E-state index in [0.717, 1.165) is 11.3 Å². The fourth-order valence-corrected chi connectivity index (χ4v) is 2.14. The number of hydrogen-bond acceptors (Lipinski definition) is 3. The maximum atomic E-state index is 11.5. The molecular weight excluding hydrogens is 218 g/mol. The highest BCUT2D eigenvalue weighted by molar-refractivity contribution is 5.95. The number of anilines is 1. The third kappa shape index (κ3) is 2.18. The van der Waals surface area contributed by atoms with E-state index < -0.39 is 12.2 Å². The molecule has 0 bridgehead atoms. The SMILES string of the molecule is CC(O)C(O)c1ccc2c(c1)CCC(=O)N2C. The van der Waals surface area contributed by atoms with Gasteiger partial charge in [0.1, 0.15) is 6.10 Å². The van der Waals surface area contributed by atoms with Crippen molar-refractivity contribution >= 4 is 11.6 Å². The quantitative estimate of drug-likeness (QED) is 0.804. The molecule has 1 aromatic rings. The van der Waals surface area contributed by atoms with Gasteiger partial charge in [-0.1, -0.05) is 12.1 Å². The molecule has 17 heavy (non-hydrogen) atoms. The fraction of sp³-hybridized carbons (Fsp3) is 0.462. The summed E-state index contributed by atoms with van der Waals surface area (Å²) in [6.07, 6.45) is -0.476. The Morgan fingerprint density at radius 2 is 2.00 bits per heavy atom. The smallest absolute Gasteiger partial charge is 0.227 e. The predicted molar refractivity (Wildman–Crippen MR) is 64.8 cm³/mol. The zero-order chi connectivity index (χ0) is 12.6. The van der Waals surface area contributed by atoms with Gasteiger partial charge in [-0.3, -0.25) is 4.79 Å². The molecule has 0 saturated carbocycles. The Morgan fingerprint density at radius 3 is 2.65 bits per heavy atom. The van der Waals surface area contributed by atoms with Crippen LogP contribution in [0.15, 0.2) is 18.2 Å². The van der Waals surface area contributed by atoms with Crippen LogP contribution in [-0.4, -0.2) is 29.3 Å². The van der Waals surface area contributed by atoms with Crippen LogP contribution < -0.4 is 4.90 Å². The minimum atomic E-state index is -0.872. The van der Waals surface area contributed by atoms with Crippen LogP contribution in [0.2, 0.25) is 0 Å². The first kappa shape index (κ1) is 12.1. The molecule has 92 valence electrons. The van der Waals surface area contributed by atoms with Gasteiger partial charge >= 0.3 is 0 Å². The second-order valence-corrected chi connectivity index (χ2v) is 4.53. The van der Waals surface area contributed by atoms with Crippen LogP contribution in [0, 0.1) is 0 Å². The zero-order valence-corrected chi connectivity index (χ0v) is 10.1. The molecule has 0 aromatic heterocycles. The summed E-state index contributed by atoms with van der Waals surface area (Å²) in [6, 6.07) is 5.45. The maximum absolute atomic E-state index is 11.5. The van der Waals surface area contributed by atoms with E-state index in [1.165, 1.54) is 0 Å². The van der Waals surface area contributed by atoms with E-state index in [1.54, 1.807) is 24.9 Å². The highest BCUT2D eigenvalue weighted by atomic mass is 16.3. The first-order chi connectivity index (χ1) is 8.00. The van der Waals surface area contributed by atoms with Gasteiger partial charge in [-0.2, -0.15) is 0 Å². The van der Waals surface area contributed by atoms with Crippen molar-refractivity contribution < 1.29 is 15.0 Å². The third-order valence-electron chi connectivity index (χ3n) is 3.25. The van der Waals surface area contributed by atoms with E-state index in [4.69, 9.17) is 0 Å².